The van der Waals surface area contributed by atoms with Gasteiger partial charge in [0.15, 0.2) is 4.80 Å². The van der Waals surface area contributed by atoms with E-state index in [0.29, 0.717) is 33.8 Å². The lowest BCUT2D eigenvalue weighted by atomic mass is 9.96. The summed E-state index contributed by atoms with van der Waals surface area (Å²) in [5, 5.41) is 11.6. The molecule has 2 heterocycles. The van der Waals surface area contributed by atoms with Gasteiger partial charge in [-0.1, -0.05) is 59.9 Å². The molecule has 4 aromatic rings. The van der Waals surface area contributed by atoms with Gasteiger partial charge in [0.25, 0.3) is 5.56 Å². The van der Waals surface area contributed by atoms with E-state index >= 15 is 0 Å². The molecule has 0 saturated heterocycles. The van der Waals surface area contributed by atoms with Crippen LogP contribution >= 0.6 is 11.3 Å². The maximum atomic E-state index is 13.8. The summed E-state index contributed by atoms with van der Waals surface area (Å²) in [6, 6.07) is 16.4. The maximum Gasteiger partial charge on any atom is 0.416 e. The number of halogens is 3. The smallest absolute Gasteiger partial charge is 0.416 e. The lowest BCUT2D eigenvalue weighted by molar-refractivity contribution is -0.385. The van der Waals surface area contributed by atoms with Crippen molar-refractivity contribution in [1.82, 2.24) is 4.57 Å². The third-order valence-electron chi connectivity index (χ3n) is 6.45. The van der Waals surface area contributed by atoms with Gasteiger partial charge in [-0.3, -0.25) is 19.5 Å². The molecule has 0 fully saturated rings. The van der Waals surface area contributed by atoms with Crippen molar-refractivity contribution < 1.29 is 32.4 Å². The standard InChI is InChI=1S/C29H20F3N3O6S/c1-16-24(27(37)40-2)25(17-8-4-3-5-9-17)34-26(36)23(42-28(34)33-16)14-18-10-6-7-11-21(18)41-22-13-12-19(29(30,31)32)15-20(22)35(38)39/h3-15,25H,1-2H3. The summed E-state index contributed by atoms with van der Waals surface area (Å²) in [5.41, 5.74) is -0.923. The van der Waals surface area contributed by atoms with Gasteiger partial charge < -0.3 is 9.47 Å². The highest BCUT2D eigenvalue weighted by molar-refractivity contribution is 7.07. The van der Waals surface area contributed by atoms with Gasteiger partial charge >= 0.3 is 17.8 Å². The van der Waals surface area contributed by atoms with Gasteiger partial charge in [-0.05, 0) is 36.8 Å². The van der Waals surface area contributed by atoms with E-state index in [0.717, 1.165) is 17.4 Å². The Bertz CT molecular complexity index is 1930. The minimum atomic E-state index is -4.78. The van der Waals surface area contributed by atoms with Crippen LogP contribution in [0, 0.1) is 10.1 Å². The maximum absolute atomic E-state index is 13.8. The van der Waals surface area contributed by atoms with Gasteiger partial charge in [0.05, 0.1) is 39.4 Å². The van der Waals surface area contributed by atoms with E-state index < -0.39 is 45.7 Å². The van der Waals surface area contributed by atoms with Crippen LogP contribution in [0.25, 0.3) is 6.08 Å². The SMILES string of the molecule is COC(=O)C1=C(C)N=c2sc(=Cc3ccccc3Oc3ccc(C(F)(F)F)cc3[N+](=O)[O-])c(=O)n2C1c1ccccc1. The van der Waals surface area contributed by atoms with Crippen molar-refractivity contribution >= 4 is 29.1 Å². The van der Waals surface area contributed by atoms with Crippen LogP contribution in [0.4, 0.5) is 18.9 Å². The van der Waals surface area contributed by atoms with Crippen LogP contribution in [0.5, 0.6) is 11.5 Å². The summed E-state index contributed by atoms with van der Waals surface area (Å²) in [7, 11) is 1.24. The number of allylic oxidation sites excluding steroid dienone is 1. The van der Waals surface area contributed by atoms with Crippen LogP contribution in [0.15, 0.2) is 93.9 Å². The number of rotatable bonds is 6. The molecule has 42 heavy (non-hydrogen) atoms. The number of carbonyl (C=O) groups is 1. The van der Waals surface area contributed by atoms with Crippen LogP contribution < -0.4 is 19.6 Å². The number of nitro benzene ring substituents is 1. The van der Waals surface area contributed by atoms with Crippen molar-refractivity contribution in [1.29, 1.82) is 0 Å². The Labute approximate surface area is 239 Å². The summed E-state index contributed by atoms with van der Waals surface area (Å²) < 4.78 is 51.8. The summed E-state index contributed by atoms with van der Waals surface area (Å²) in [4.78, 5) is 42.0. The van der Waals surface area contributed by atoms with Crippen molar-refractivity contribution in [2.45, 2.75) is 19.1 Å². The first-order chi connectivity index (χ1) is 20.0. The summed E-state index contributed by atoms with van der Waals surface area (Å²) in [5.74, 6) is -0.966. The van der Waals surface area contributed by atoms with E-state index in [1.165, 1.54) is 23.8 Å². The molecule has 1 aromatic heterocycles. The molecule has 1 unspecified atom stereocenters. The average Bonchev–Trinajstić information content (AvgIpc) is 3.26. The van der Waals surface area contributed by atoms with Crippen molar-refractivity contribution in [2.24, 2.45) is 4.99 Å². The number of ether oxygens (including phenoxy) is 2. The number of fused-ring (bicyclic) bond motifs is 1. The molecular formula is C29H20F3N3O6S. The highest BCUT2D eigenvalue weighted by atomic mass is 32.1. The zero-order valence-electron chi connectivity index (χ0n) is 21.9. The number of hydrogen-bond donors (Lipinski definition) is 0. The molecule has 0 radical (unpaired) electrons. The number of aromatic nitrogens is 1. The molecule has 3 aromatic carbocycles. The minimum Gasteiger partial charge on any atom is -0.466 e. The van der Waals surface area contributed by atoms with Gasteiger partial charge in [0, 0.05) is 11.6 Å². The Balaban J connectivity index is 1.63. The highest BCUT2D eigenvalue weighted by Crippen LogP contribution is 2.38. The van der Waals surface area contributed by atoms with Crippen LogP contribution in [-0.4, -0.2) is 22.6 Å². The van der Waals surface area contributed by atoms with Crippen molar-refractivity contribution in [3.8, 4) is 11.5 Å². The lowest BCUT2D eigenvalue weighted by Crippen LogP contribution is -2.39. The van der Waals surface area contributed by atoms with Gasteiger partial charge in [-0.25, -0.2) is 9.79 Å². The fourth-order valence-electron chi connectivity index (χ4n) is 4.52. The number of carbonyl (C=O) groups excluding carboxylic acids is 1. The van der Waals surface area contributed by atoms with Crippen LogP contribution in [0.1, 0.15) is 29.7 Å². The number of alkyl halides is 3. The zero-order chi connectivity index (χ0) is 30.2. The molecule has 1 atom stereocenters. The molecule has 9 nitrogen and oxygen atoms in total. The van der Waals surface area contributed by atoms with Gasteiger partial charge in [-0.15, -0.1) is 0 Å². The largest absolute Gasteiger partial charge is 0.466 e. The first-order valence-corrected chi connectivity index (χ1v) is 13.1. The van der Waals surface area contributed by atoms with E-state index in [4.69, 9.17) is 9.47 Å². The molecule has 0 saturated carbocycles. The number of methoxy groups -OCH3 is 1. The van der Waals surface area contributed by atoms with Gasteiger partial charge in [0.2, 0.25) is 5.75 Å². The third-order valence-corrected chi connectivity index (χ3v) is 7.43. The van der Waals surface area contributed by atoms with Crippen LogP contribution in [-0.2, 0) is 15.7 Å². The second-order valence-electron chi connectivity index (χ2n) is 9.06. The second-order valence-corrected chi connectivity index (χ2v) is 10.1. The third kappa shape index (κ3) is 5.33. The number of nitrogens with zero attached hydrogens (tertiary/aromatic N) is 3. The molecule has 0 bridgehead atoms. The van der Waals surface area contributed by atoms with E-state index in [-0.39, 0.29) is 15.9 Å². The number of benzene rings is 3. The van der Waals surface area contributed by atoms with Crippen molar-refractivity contribution in [3.05, 3.63) is 131 Å². The Morgan fingerprint density at radius 2 is 1.76 bits per heavy atom. The summed E-state index contributed by atoms with van der Waals surface area (Å²) >= 11 is 1.06. The Hall–Kier alpha value is -5.04. The van der Waals surface area contributed by atoms with Gasteiger partial charge in [0.1, 0.15) is 5.75 Å². The molecule has 214 valence electrons. The molecule has 1 aliphatic heterocycles. The predicted molar refractivity (Wildman–Crippen MR) is 147 cm³/mol. The van der Waals surface area contributed by atoms with Crippen molar-refractivity contribution in [2.75, 3.05) is 7.11 Å². The molecule has 0 amide bonds. The van der Waals surface area contributed by atoms with Crippen LogP contribution in [0.2, 0.25) is 0 Å². The Morgan fingerprint density at radius 3 is 2.43 bits per heavy atom. The zero-order valence-corrected chi connectivity index (χ0v) is 22.7. The van der Waals surface area contributed by atoms with E-state index in [2.05, 4.69) is 4.99 Å². The molecule has 13 heteroatoms. The summed E-state index contributed by atoms with van der Waals surface area (Å²) in [6.45, 7) is 1.65. The highest BCUT2D eigenvalue weighted by Gasteiger charge is 2.34. The van der Waals surface area contributed by atoms with Crippen molar-refractivity contribution in [3.63, 3.8) is 0 Å². The quantitative estimate of drug-likeness (QED) is 0.174. The average molecular weight is 596 g/mol. The number of thiazole rings is 1. The van der Waals surface area contributed by atoms with Gasteiger partial charge in [-0.2, -0.15) is 13.2 Å². The second kappa shape index (κ2) is 11.1. The molecule has 0 aliphatic carbocycles. The lowest BCUT2D eigenvalue weighted by Gasteiger charge is -2.24. The number of para-hydroxylation sites is 1. The van der Waals surface area contributed by atoms with Crippen LogP contribution in [0.3, 0.4) is 0 Å². The summed E-state index contributed by atoms with van der Waals surface area (Å²) in [6.07, 6.45) is -3.28. The molecule has 1 aliphatic rings. The number of hydrogen-bond acceptors (Lipinski definition) is 8. The predicted octanol–water partition coefficient (Wildman–Crippen LogP) is 5.13. The fourth-order valence-corrected chi connectivity index (χ4v) is 5.56. The number of esters is 1. The van der Waals surface area contributed by atoms with E-state index in [1.807, 2.05) is 0 Å². The monoisotopic (exact) mass is 595 g/mol. The molecule has 0 spiro atoms. The Morgan fingerprint density at radius 1 is 1.07 bits per heavy atom. The first-order valence-electron chi connectivity index (χ1n) is 12.3. The fraction of sp³-hybridized carbons (Fsp3) is 0.138. The topological polar surface area (TPSA) is 113 Å². The first kappa shape index (κ1) is 28.5. The normalized spacial score (nSPS) is 15.2. The van der Waals surface area contributed by atoms with E-state index in [1.54, 1.807) is 55.5 Å². The number of nitro groups is 1. The molecular weight excluding hydrogens is 575 g/mol. The minimum absolute atomic E-state index is 0.0669. The van der Waals surface area contributed by atoms with E-state index in [9.17, 15) is 32.9 Å². The molecule has 0 N–H and O–H groups in total. The molecule has 5 rings (SSSR count). The Kier molecular flexibility index (Phi) is 7.52.